The van der Waals surface area contributed by atoms with Gasteiger partial charge in [-0.1, -0.05) is 0 Å². The zero-order valence-corrected chi connectivity index (χ0v) is 12.6. The molecule has 0 atom stereocenters. The Balaban J connectivity index is 1.55. The smallest absolute Gasteiger partial charge is 0.256 e. The van der Waals surface area contributed by atoms with Crippen LogP contribution >= 0.6 is 0 Å². The lowest BCUT2D eigenvalue weighted by Crippen LogP contribution is -2.49. The van der Waals surface area contributed by atoms with Gasteiger partial charge in [0.25, 0.3) is 5.91 Å². The summed E-state index contributed by atoms with van der Waals surface area (Å²) in [6.07, 6.45) is 5.86. The molecule has 0 spiro atoms. The summed E-state index contributed by atoms with van der Waals surface area (Å²) in [5, 5.41) is 9.57. The monoisotopic (exact) mass is 307 g/mol. The van der Waals surface area contributed by atoms with Crippen LogP contribution in [0.15, 0.2) is 18.5 Å². The van der Waals surface area contributed by atoms with Crippen LogP contribution in [0.1, 0.15) is 36.0 Å². The molecule has 2 fully saturated rings. The number of likely N-dealkylation sites (tertiary alicyclic amines) is 2. The van der Waals surface area contributed by atoms with E-state index in [0.29, 0.717) is 19.1 Å². The van der Waals surface area contributed by atoms with Crippen molar-refractivity contribution in [1.29, 1.82) is 0 Å². The summed E-state index contributed by atoms with van der Waals surface area (Å²) in [5.74, 6) is -0.799. The lowest BCUT2D eigenvalue weighted by molar-refractivity contribution is 0.0355. The molecule has 2 saturated heterocycles. The SMILES string of the molecule is O=C(c1ccncc1F)N1CCC(N2CCC(O)CC2)CC1. The number of amides is 1. The van der Waals surface area contributed by atoms with Crippen molar-refractivity contribution in [3.63, 3.8) is 0 Å². The second-order valence-corrected chi connectivity index (χ2v) is 6.15. The quantitative estimate of drug-likeness (QED) is 0.894. The Bertz CT molecular complexity index is 524. The van der Waals surface area contributed by atoms with Gasteiger partial charge in [-0.3, -0.25) is 9.78 Å². The molecule has 1 aromatic heterocycles. The molecule has 1 N–H and O–H groups in total. The summed E-state index contributed by atoms with van der Waals surface area (Å²) in [6, 6.07) is 1.91. The second-order valence-electron chi connectivity index (χ2n) is 6.15. The van der Waals surface area contributed by atoms with Crippen molar-refractivity contribution in [3.05, 3.63) is 29.8 Å². The highest BCUT2D eigenvalue weighted by Crippen LogP contribution is 2.22. The third kappa shape index (κ3) is 3.28. The fourth-order valence-electron chi connectivity index (χ4n) is 3.40. The van der Waals surface area contributed by atoms with Crippen molar-refractivity contribution in [2.45, 2.75) is 37.8 Å². The highest BCUT2D eigenvalue weighted by atomic mass is 19.1. The van der Waals surface area contributed by atoms with Crippen molar-refractivity contribution < 1.29 is 14.3 Å². The molecule has 22 heavy (non-hydrogen) atoms. The van der Waals surface area contributed by atoms with Crippen molar-refractivity contribution in [2.24, 2.45) is 0 Å². The van der Waals surface area contributed by atoms with Crippen LogP contribution in [0.5, 0.6) is 0 Å². The Morgan fingerprint density at radius 3 is 2.50 bits per heavy atom. The van der Waals surface area contributed by atoms with Gasteiger partial charge in [0.05, 0.1) is 17.9 Å². The molecule has 3 heterocycles. The van der Waals surface area contributed by atoms with Gasteiger partial charge in [0.2, 0.25) is 0 Å². The van der Waals surface area contributed by atoms with E-state index in [0.717, 1.165) is 45.0 Å². The van der Waals surface area contributed by atoms with E-state index in [4.69, 9.17) is 0 Å². The van der Waals surface area contributed by atoms with Crippen LogP contribution in [0.4, 0.5) is 4.39 Å². The van der Waals surface area contributed by atoms with Crippen molar-refractivity contribution in [1.82, 2.24) is 14.8 Å². The number of aliphatic hydroxyl groups is 1. The van der Waals surface area contributed by atoms with E-state index in [9.17, 15) is 14.3 Å². The van der Waals surface area contributed by atoms with Gasteiger partial charge < -0.3 is 14.9 Å². The minimum absolute atomic E-state index is 0.106. The maximum atomic E-state index is 13.7. The van der Waals surface area contributed by atoms with E-state index >= 15 is 0 Å². The van der Waals surface area contributed by atoms with Gasteiger partial charge in [-0.05, 0) is 31.7 Å². The number of pyridine rings is 1. The predicted molar refractivity (Wildman–Crippen MR) is 79.9 cm³/mol. The molecule has 0 radical (unpaired) electrons. The Morgan fingerprint density at radius 2 is 1.86 bits per heavy atom. The summed E-state index contributed by atoms with van der Waals surface area (Å²) in [4.78, 5) is 20.2. The number of aromatic nitrogens is 1. The number of piperidine rings is 2. The average molecular weight is 307 g/mol. The van der Waals surface area contributed by atoms with Gasteiger partial charge in [-0.15, -0.1) is 0 Å². The van der Waals surface area contributed by atoms with Gasteiger partial charge in [0.15, 0.2) is 5.82 Å². The van der Waals surface area contributed by atoms with E-state index < -0.39 is 5.82 Å². The first-order valence-corrected chi connectivity index (χ1v) is 7.96. The summed E-state index contributed by atoms with van der Waals surface area (Å²) >= 11 is 0. The third-order valence-electron chi connectivity index (χ3n) is 4.77. The molecule has 3 rings (SSSR count). The van der Waals surface area contributed by atoms with Crippen LogP contribution in [-0.2, 0) is 0 Å². The zero-order chi connectivity index (χ0) is 15.5. The molecule has 5 nitrogen and oxygen atoms in total. The van der Waals surface area contributed by atoms with Crippen molar-refractivity contribution in [2.75, 3.05) is 26.2 Å². The van der Waals surface area contributed by atoms with Gasteiger partial charge >= 0.3 is 0 Å². The number of halogens is 1. The summed E-state index contributed by atoms with van der Waals surface area (Å²) < 4.78 is 13.7. The molecule has 0 bridgehead atoms. The molecule has 0 aliphatic carbocycles. The minimum Gasteiger partial charge on any atom is -0.393 e. The number of aliphatic hydroxyl groups excluding tert-OH is 1. The molecule has 6 heteroatoms. The molecule has 2 aliphatic heterocycles. The van der Waals surface area contributed by atoms with Crippen molar-refractivity contribution >= 4 is 5.91 Å². The predicted octanol–water partition coefficient (Wildman–Crippen LogP) is 1.28. The Kier molecular flexibility index (Phi) is 4.69. The Hall–Kier alpha value is -1.53. The molecule has 120 valence electrons. The molecular formula is C16H22FN3O2. The largest absolute Gasteiger partial charge is 0.393 e. The van der Waals surface area contributed by atoms with Gasteiger partial charge in [-0.2, -0.15) is 0 Å². The summed E-state index contributed by atoms with van der Waals surface area (Å²) in [6.45, 7) is 3.17. The van der Waals surface area contributed by atoms with Gasteiger partial charge in [0, 0.05) is 38.4 Å². The third-order valence-corrected chi connectivity index (χ3v) is 4.77. The first kappa shape index (κ1) is 15.4. The molecule has 1 amide bonds. The Labute approximate surface area is 129 Å². The number of rotatable bonds is 2. The van der Waals surface area contributed by atoms with Crippen LogP contribution < -0.4 is 0 Å². The highest BCUT2D eigenvalue weighted by Gasteiger charge is 2.30. The lowest BCUT2D eigenvalue weighted by atomic mass is 9.98. The van der Waals surface area contributed by atoms with E-state index in [1.807, 2.05) is 0 Å². The number of hydrogen-bond donors (Lipinski definition) is 1. The number of carbonyl (C=O) groups is 1. The molecular weight excluding hydrogens is 285 g/mol. The molecule has 1 aromatic rings. The molecule has 2 aliphatic rings. The van der Waals surface area contributed by atoms with Crippen LogP contribution in [0.2, 0.25) is 0 Å². The first-order valence-electron chi connectivity index (χ1n) is 7.96. The number of hydrogen-bond acceptors (Lipinski definition) is 4. The minimum atomic E-state index is -0.556. The number of nitrogens with zero attached hydrogens (tertiary/aromatic N) is 3. The fraction of sp³-hybridized carbons (Fsp3) is 0.625. The van der Waals surface area contributed by atoms with Crippen LogP contribution in [-0.4, -0.2) is 64.1 Å². The van der Waals surface area contributed by atoms with Gasteiger partial charge in [-0.25, -0.2) is 4.39 Å². The first-order chi connectivity index (χ1) is 10.6. The van der Waals surface area contributed by atoms with Crippen LogP contribution in [0.3, 0.4) is 0 Å². The van der Waals surface area contributed by atoms with E-state index in [1.165, 1.54) is 12.3 Å². The van der Waals surface area contributed by atoms with Crippen LogP contribution in [0, 0.1) is 5.82 Å². The lowest BCUT2D eigenvalue weighted by Gasteiger charge is -2.41. The number of carbonyl (C=O) groups excluding carboxylic acids is 1. The standard InChI is InChI=1S/C16H22FN3O2/c17-15-11-18-6-1-14(15)16(22)20-7-2-12(3-8-20)19-9-4-13(21)5-10-19/h1,6,11-13,21H,2-5,7-10H2. The molecule has 0 saturated carbocycles. The zero-order valence-electron chi connectivity index (χ0n) is 12.6. The molecule has 0 unspecified atom stereocenters. The van der Waals surface area contributed by atoms with Crippen LogP contribution in [0.25, 0.3) is 0 Å². The summed E-state index contributed by atoms with van der Waals surface area (Å²) in [5.41, 5.74) is 0.106. The second kappa shape index (κ2) is 6.71. The summed E-state index contributed by atoms with van der Waals surface area (Å²) in [7, 11) is 0. The average Bonchev–Trinajstić information content (AvgIpc) is 2.56. The van der Waals surface area contributed by atoms with E-state index in [1.54, 1.807) is 4.90 Å². The molecule has 0 aromatic carbocycles. The van der Waals surface area contributed by atoms with E-state index in [2.05, 4.69) is 9.88 Å². The highest BCUT2D eigenvalue weighted by molar-refractivity contribution is 5.94. The van der Waals surface area contributed by atoms with Gasteiger partial charge in [0.1, 0.15) is 0 Å². The topological polar surface area (TPSA) is 56.7 Å². The van der Waals surface area contributed by atoms with E-state index in [-0.39, 0.29) is 17.6 Å². The maximum Gasteiger partial charge on any atom is 0.256 e. The maximum absolute atomic E-state index is 13.7. The normalized spacial score (nSPS) is 22.0. The Morgan fingerprint density at radius 1 is 1.18 bits per heavy atom. The fourth-order valence-corrected chi connectivity index (χ4v) is 3.40. The van der Waals surface area contributed by atoms with Crippen molar-refractivity contribution in [3.8, 4) is 0 Å².